The molecule has 15 heavy (non-hydrogen) atoms. The number of amides is 1. The van der Waals surface area contributed by atoms with E-state index in [-0.39, 0.29) is 12.3 Å². The second-order valence-corrected chi connectivity index (χ2v) is 4.20. The number of aliphatic carboxylic acids is 1. The molecule has 0 fully saturated rings. The van der Waals surface area contributed by atoms with Crippen molar-refractivity contribution in [3.63, 3.8) is 0 Å². The highest BCUT2D eigenvalue weighted by Gasteiger charge is 2.33. The van der Waals surface area contributed by atoms with Crippen LogP contribution in [0.5, 0.6) is 0 Å². The Bertz CT molecular complexity index is 444. The molecule has 1 amide bonds. The zero-order valence-corrected chi connectivity index (χ0v) is 9.24. The maximum atomic E-state index is 11.5. The monoisotopic (exact) mass is 269 g/mol. The van der Waals surface area contributed by atoms with Crippen LogP contribution >= 0.6 is 15.9 Å². The molecule has 0 unspecified atom stereocenters. The maximum Gasteiger partial charge on any atom is 0.304 e. The number of benzene rings is 1. The van der Waals surface area contributed by atoms with Crippen LogP contribution in [0.15, 0.2) is 22.7 Å². The Morgan fingerprint density at radius 3 is 2.93 bits per heavy atom. The van der Waals surface area contributed by atoms with E-state index < -0.39 is 11.9 Å². The number of rotatable bonds is 2. The molecular formula is C10H8BrNO3. The highest BCUT2D eigenvalue weighted by molar-refractivity contribution is 9.10. The highest BCUT2D eigenvalue weighted by atomic mass is 79.9. The lowest BCUT2D eigenvalue weighted by Crippen LogP contribution is -2.15. The first kappa shape index (κ1) is 10.2. The summed E-state index contributed by atoms with van der Waals surface area (Å²) >= 11 is 3.31. The number of para-hydroxylation sites is 1. The van der Waals surface area contributed by atoms with Crippen molar-refractivity contribution in [2.24, 2.45) is 0 Å². The number of carboxylic acid groups (broad SMARTS) is 1. The number of halogens is 1. The molecule has 1 aromatic rings. The number of carbonyl (C=O) groups excluding carboxylic acids is 1. The molecule has 0 aliphatic carbocycles. The van der Waals surface area contributed by atoms with Gasteiger partial charge in [0.05, 0.1) is 18.0 Å². The molecule has 0 saturated heterocycles. The van der Waals surface area contributed by atoms with Gasteiger partial charge in [-0.3, -0.25) is 9.59 Å². The van der Waals surface area contributed by atoms with Crippen LogP contribution in [0.4, 0.5) is 5.69 Å². The van der Waals surface area contributed by atoms with Crippen LogP contribution in [0, 0.1) is 0 Å². The maximum absolute atomic E-state index is 11.5. The lowest BCUT2D eigenvalue weighted by molar-refractivity contribution is -0.138. The summed E-state index contributed by atoms with van der Waals surface area (Å²) in [5.74, 6) is -1.79. The number of fused-ring (bicyclic) bond motifs is 1. The quantitative estimate of drug-likeness (QED) is 0.863. The molecule has 0 spiro atoms. The number of hydrogen-bond donors (Lipinski definition) is 2. The summed E-state index contributed by atoms with van der Waals surface area (Å²) in [7, 11) is 0. The van der Waals surface area contributed by atoms with E-state index in [1.807, 2.05) is 6.07 Å². The summed E-state index contributed by atoms with van der Waals surface area (Å²) in [4.78, 5) is 22.1. The van der Waals surface area contributed by atoms with Gasteiger partial charge in [-0.05, 0) is 27.6 Å². The zero-order chi connectivity index (χ0) is 11.0. The molecule has 0 aromatic heterocycles. The van der Waals surface area contributed by atoms with Crippen LogP contribution in [0.1, 0.15) is 17.9 Å². The van der Waals surface area contributed by atoms with E-state index in [2.05, 4.69) is 21.2 Å². The van der Waals surface area contributed by atoms with Crippen molar-refractivity contribution >= 4 is 33.5 Å². The van der Waals surface area contributed by atoms with Gasteiger partial charge in [0.1, 0.15) is 0 Å². The summed E-state index contributed by atoms with van der Waals surface area (Å²) in [6.07, 6.45) is -0.171. The number of hydrogen-bond acceptors (Lipinski definition) is 2. The number of anilines is 1. The van der Waals surface area contributed by atoms with Gasteiger partial charge in [0.15, 0.2) is 0 Å². The first-order valence-electron chi connectivity index (χ1n) is 4.40. The molecule has 2 rings (SSSR count). The largest absolute Gasteiger partial charge is 0.481 e. The summed E-state index contributed by atoms with van der Waals surface area (Å²) in [5.41, 5.74) is 1.44. The van der Waals surface area contributed by atoms with E-state index in [0.717, 1.165) is 10.0 Å². The fourth-order valence-electron chi connectivity index (χ4n) is 1.69. The third kappa shape index (κ3) is 1.74. The van der Waals surface area contributed by atoms with Gasteiger partial charge in [-0.2, -0.15) is 0 Å². The first-order valence-corrected chi connectivity index (χ1v) is 5.20. The number of carbonyl (C=O) groups is 2. The summed E-state index contributed by atoms with van der Waals surface area (Å²) in [5, 5.41) is 11.4. The molecule has 1 aromatic carbocycles. The molecule has 0 saturated carbocycles. The fraction of sp³-hybridized carbons (Fsp3) is 0.200. The summed E-state index contributed by atoms with van der Waals surface area (Å²) < 4.78 is 0.779. The fourth-order valence-corrected chi connectivity index (χ4v) is 2.17. The Labute approximate surface area is 94.4 Å². The van der Waals surface area contributed by atoms with E-state index in [0.29, 0.717) is 5.69 Å². The van der Waals surface area contributed by atoms with Crippen LogP contribution in [0.25, 0.3) is 0 Å². The summed E-state index contributed by atoms with van der Waals surface area (Å²) in [6.45, 7) is 0. The van der Waals surface area contributed by atoms with E-state index in [4.69, 9.17) is 5.11 Å². The molecule has 2 N–H and O–H groups in total. The SMILES string of the molecule is O=C(O)C[C@@H]1C(=O)Nc2c(Br)cccc21. The van der Waals surface area contributed by atoms with Gasteiger partial charge in [-0.1, -0.05) is 12.1 Å². The molecule has 0 radical (unpaired) electrons. The number of nitrogens with one attached hydrogen (secondary N) is 1. The first-order chi connectivity index (χ1) is 7.09. The molecule has 1 aliphatic heterocycles. The Morgan fingerprint density at radius 2 is 2.27 bits per heavy atom. The molecule has 1 heterocycles. The van der Waals surface area contributed by atoms with Crippen molar-refractivity contribution < 1.29 is 14.7 Å². The van der Waals surface area contributed by atoms with E-state index in [9.17, 15) is 9.59 Å². The van der Waals surface area contributed by atoms with Crippen LogP contribution in [0.3, 0.4) is 0 Å². The average Bonchev–Trinajstić information content (AvgIpc) is 2.45. The van der Waals surface area contributed by atoms with Gasteiger partial charge in [0, 0.05) is 4.47 Å². The van der Waals surface area contributed by atoms with Crippen LogP contribution in [0.2, 0.25) is 0 Å². The second-order valence-electron chi connectivity index (χ2n) is 3.34. The predicted octanol–water partition coefficient (Wildman–Crippen LogP) is 1.96. The highest BCUT2D eigenvalue weighted by Crippen LogP contribution is 2.39. The van der Waals surface area contributed by atoms with Crippen molar-refractivity contribution in [3.8, 4) is 0 Å². The minimum Gasteiger partial charge on any atom is -0.481 e. The van der Waals surface area contributed by atoms with E-state index >= 15 is 0 Å². The average molecular weight is 270 g/mol. The third-order valence-corrected chi connectivity index (χ3v) is 3.03. The van der Waals surface area contributed by atoms with Crippen molar-refractivity contribution in [1.29, 1.82) is 0 Å². The van der Waals surface area contributed by atoms with Gasteiger partial charge in [0.2, 0.25) is 5.91 Å². The van der Waals surface area contributed by atoms with Crippen LogP contribution in [-0.2, 0) is 9.59 Å². The Morgan fingerprint density at radius 1 is 1.53 bits per heavy atom. The lowest BCUT2D eigenvalue weighted by Gasteiger charge is -2.04. The topological polar surface area (TPSA) is 66.4 Å². The Balaban J connectivity index is 2.41. The van der Waals surface area contributed by atoms with Crippen molar-refractivity contribution in [1.82, 2.24) is 0 Å². The van der Waals surface area contributed by atoms with Gasteiger partial charge >= 0.3 is 5.97 Å². The van der Waals surface area contributed by atoms with Crippen molar-refractivity contribution in [3.05, 3.63) is 28.2 Å². The van der Waals surface area contributed by atoms with Crippen LogP contribution < -0.4 is 5.32 Å². The second kappa shape index (κ2) is 3.66. The third-order valence-electron chi connectivity index (χ3n) is 2.36. The predicted molar refractivity (Wildman–Crippen MR) is 57.8 cm³/mol. The zero-order valence-electron chi connectivity index (χ0n) is 7.66. The standard InChI is InChI=1S/C10H8BrNO3/c11-7-3-1-2-5-6(4-8(13)14)10(15)12-9(5)7/h1-3,6H,4H2,(H,12,15)(H,13,14)/t6-/m0/s1. The smallest absolute Gasteiger partial charge is 0.304 e. The van der Waals surface area contributed by atoms with E-state index in [1.165, 1.54) is 0 Å². The normalized spacial score (nSPS) is 18.5. The van der Waals surface area contributed by atoms with Crippen molar-refractivity contribution in [2.45, 2.75) is 12.3 Å². The molecule has 4 nitrogen and oxygen atoms in total. The molecular weight excluding hydrogens is 262 g/mol. The minimum atomic E-state index is -0.969. The van der Waals surface area contributed by atoms with Gasteiger partial charge in [0.25, 0.3) is 0 Å². The van der Waals surface area contributed by atoms with Crippen LogP contribution in [-0.4, -0.2) is 17.0 Å². The minimum absolute atomic E-state index is 0.171. The van der Waals surface area contributed by atoms with Gasteiger partial charge in [-0.15, -0.1) is 0 Å². The van der Waals surface area contributed by atoms with E-state index in [1.54, 1.807) is 12.1 Å². The lowest BCUT2D eigenvalue weighted by atomic mass is 9.97. The summed E-state index contributed by atoms with van der Waals surface area (Å²) in [6, 6.07) is 5.37. The molecule has 1 atom stereocenters. The van der Waals surface area contributed by atoms with Gasteiger partial charge < -0.3 is 10.4 Å². The van der Waals surface area contributed by atoms with Gasteiger partial charge in [-0.25, -0.2) is 0 Å². The Hall–Kier alpha value is -1.36. The van der Waals surface area contributed by atoms with Crippen molar-refractivity contribution in [2.75, 3.05) is 5.32 Å². The molecule has 1 aliphatic rings. The molecule has 0 bridgehead atoms. The molecule has 78 valence electrons. The Kier molecular flexibility index (Phi) is 2.48. The number of carboxylic acids is 1. The molecule has 5 heteroatoms.